The Bertz CT molecular complexity index is 459. The number of hydrogen-bond acceptors (Lipinski definition) is 3. The Kier molecular flexibility index (Phi) is 5.01. The summed E-state index contributed by atoms with van der Waals surface area (Å²) in [6.07, 6.45) is 4.30. The number of hydrogen-bond donors (Lipinski definition) is 1. The second-order valence-electron chi connectivity index (χ2n) is 5.37. The molecule has 1 amide bonds. The van der Waals surface area contributed by atoms with Crippen LogP contribution >= 0.6 is 0 Å². The number of anilines is 1. The van der Waals surface area contributed by atoms with Crippen molar-refractivity contribution in [2.45, 2.75) is 45.1 Å². The second-order valence-corrected chi connectivity index (χ2v) is 5.37. The molecule has 2 N–H and O–H groups in total. The van der Waals surface area contributed by atoms with Crippen molar-refractivity contribution in [3.8, 4) is 5.75 Å². The van der Waals surface area contributed by atoms with Crippen LogP contribution in [-0.4, -0.2) is 25.6 Å². The van der Waals surface area contributed by atoms with E-state index in [0.717, 1.165) is 43.7 Å². The average Bonchev–Trinajstić information content (AvgIpc) is 2.46. The van der Waals surface area contributed by atoms with Crippen LogP contribution < -0.4 is 15.4 Å². The van der Waals surface area contributed by atoms with Gasteiger partial charge in [0, 0.05) is 19.0 Å². The predicted octanol–water partition coefficient (Wildman–Crippen LogP) is 2.49. The molecule has 110 valence electrons. The monoisotopic (exact) mass is 276 g/mol. The van der Waals surface area contributed by atoms with E-state index in [-0.39, 0.29) is 11.9 Å². The lowest BCUT2D eigenvalue weighted by atomic mass is 9.99. The molecule has 1 unspecified atom stereocenters. The standard InChI is InChI=1S/C16H24N2O2/c1-3-6-13(17)11-15(19)18-10-5-8-12-7-4-9-14(20-2)16(12)18/h4,7,9,13H,3,5-6,8,10-11,17H2,1-2H3. The van der Waals surface area contributed by atoms with E-state index in [1.165, 1.54) is 5.56 Å². The third kappa shape index (κ3) is 3.12. The normalized spacial score (nSPS) is 15.7. The number of para-hydroxylation sites is 1. The Hall–Kier alpha value is -1.55. The maximum Gasteiger partial charge on any atom is 0.228 e. The fourth-order valence-electron chi connectivity index (χ4n) is 2.84. The summed E-state index contributed by atoms with van der Waals surface area (Å²) < 4.78 is 5.42. The number of nitrogens with zero attached hydrogens (tertiary/aromatic N) is 1. The molecule has 0 aromatic heterocycles. The Morgan fingerprint density at radius 1 is 1.50 bits per heavy atom. The molecule has 2 rings (SSSR count). The van der Waals surface area contributed by atoms with Crippen LogP contribution in [-0.2, 0) is 11.2 Å². The van der Waals surface area contributed by atoms with Gasteiger partial charge in [0.1, 0.15) is 5.75 Å². The zero-order valence-electron chi connectivity index (χ0n) is 12.4. The quantitative estimate of drug-likeness (QED) is 0.899. The number of benzene rings is 1. The first kappa shape index (κ1) is 14.9. The van der Waals surface area contributed by atoms with Crippen LogP contribution in [0.15, 0.2) is 18.2 Å². The third-order valence-electron chi connectivity index (χ3n) is 3.80. The minimum absolute atomic E-state index is 0.0485. The molecule has 1 aliphatic rings. The van der Waals surface area contributed by atoms with Crippen LogP contribution in [0.2, 0.25) is 0 Å². The summed E-state index contributed by atoms with van der Waals surface area (Å²) in [4.78, 5) is 14.4. The molecule has 1 aromatic rings. The summed E-state index contributed by atoms with van der Waals surface area (Å²) in [5.41, 5.74) is 8.13. The van der Waals surface area contributed by atoms with E-state index < -0.39 is 0 Å². The van der Waals surface area contributed by atoms with Crippen molar-refractivity contribution in [1.82, 2.24) is 0 Å². The third-order valence-corrected chi connectivity index (χ3v) is 3.80. The van der Waals surface area contributed by atoms with Gasteiger partial charge in [0.25, 0.3) is 0 Å². The van der Waals surface area contributed by atoms with E-state index in [1.807, 2.05) is 17.0 Å². The Balaban J connectivity index is 2.21. The molecule has 0 radical (unpaired) electrons. The predicted molar refractivity (Wildman–Crippen MR) is 81.2 cm³/mol. The van der Waals surface area contributed by atoms with Crippen LogP contribution in [0.1, 0.15) is 38.2 Å². The van der Waals surface area contributed by atoms with Crippen LogP contribution in [0, 0.1) is 0 Å². The summed E-state index contributed by atoms with van der Waals surface area (Å²) in [5, 5.41) is 0. The second kappa shape index (κ2) is 6.75. The van der Waals surface area contributed by atoms with Gasteiger partial charge in [0.05, 0.1) is 12.8 Å². The number of nitrogens with two attached hydrogens (primary N) is 1. The fraction of sp³-hybridized carbons (Fsp3) is 0.562. The van der Waals surface area contributed by atoms with Gasteiger partial charge in [0.15, 0.2) is 0 Å². The minimum Gasteiger partial charge on any atom is -0.495 e. The van der Waals surface area contributed by atoms with Gasteiger partial charge in [-0.3, -0.25) is 4.79 Å². The van der Waals surface area contributed by atoms with Gasteiger partial charge >= 0.3 is 0 Å². The highest BCUT2D eigenvalue weighted by Crippen LogP contribution is 2.36. The smallest absolute Gasteiger partial charge is 0.228 e. The molecule has 20 heavy (non-hydrogen) atoms. The zero-order chi connectivity index (χ0) is 14.5. The van der Waals surface area contributed by atoms with Crippen molar-refractivity contribution in [3.63, 3.8) is 0 Å². The lowest BCUT2D eigenvalue weighted by Gasteiger charge is -2.31. The number of rotatable bonds is 5. The number of carbonyl (C=O) groups excluding carboxylic acids is 1. The molecular formula is C16H24N2O2. The first-order chi connectivity index (χ1) is 9.67. The highest BCUT2D eigenvalue weighted by atomic mass is 16.5. The van der Waals surface area contributed by atoms with Gasteiger partial charge in [-0.15, -0.1) is 0 Å². The van der Waals surface area contributed by atoms with Gasteiger partial charge in [0.2, 0.25) is 5.91 Å². The highest BCUT2D eigenvalue weighted by Gasteiger charge is 2.26. The van der Waals surface area contributed by atoms with Gasteiger partial charge in [-0.2, -0.15) is 0 Å². The molecule has 1 atom stereocenters. The molecule has 4 heteroatoms. The molecule has 1 aromatic carbocycles. The number of fused-ring (bicyclic) bond motifs is 1. The summed E-state index contributed by atoms with van der Waals surface area (Å²) >= 11 is 0. The van der Waals surface area contributed by atoms with E-state index in [2.05, 4.69) is 13.0 Å². The molecule has 0 aliphatic carbocycles. The van der Waals surface area contributed by atoms with Gasteiger partial charge in [-0.1, -0.05) is 25.5 Å². The van der Waals surface area contributed by atoms with E-state index in [4.69, 9.17) is 10.5 Å². The summed E-state index contributed by atoms with van der Waals surface area (Å²) in [5.74, 6) is 0.885. The van der Waals surface area contributed by atoms with Crippen LogP contribution in [0.5, 0.6) is 5.75 Å². The van der Waals surface area contributed by atoms with Crippen molar-refractivity contribution < 1.29 is 9.53 Å². The van der Waals surface area contributed by atoms with Crippen LogP contribution in [0.25, 0.3) is 0 Å². The lowest BCUT2D eigenvalue weighted by Crippen LogP contribution is -2.39. The number of aryl methyl sites for hydroxylation is 1. The number of carbonyl (C=O) groups is 1. The van der Waals surface area contributed by atoms with E-state index in [1.54, 1.807) is 7.11 Å². The maximum atomic E-state index is 12.5. The lowest BCUT2D eigenvalue weighted by molar-refractivity contribution is -0.119. The highest BCUT2D eigenvalue weighted by molar-refractivity contribution is 5.96. The van der Waals surface area contributed by atoms with Crippen molar-refractivity contribution in [2.75, 3.05) is 18.6 Å². The molecular weight excluding hydrogens is 252 g/mol. The van der Waals surface area contributed by atoms with Gasteiger partial charge in [-0.25, -0.2) is 0 Å². The maximum absolute atomic E-state index is 12.5. The van der Waals surface area contributed by atoms with Crippen molar-refractivity contribution in [1.29, 1.82) is 0 Å². The minimum atomic E-state index is -0.0485. The summed E-state index contributed by atoms with van der Waals surface area (Å²) in [7, 11) is 1.65. The summed E-state index contributed by atoms with van der Waals surface area (Å²) in [6, 6.07) is 5.92. The van der Waals surface area contributed by atoms with Crippen LogP contribution in [0.4, 0.5) is 5.69 Å². The fourth-order valence-corrected chi connectivity index (χ4v) is 2.84. The van der Waals surface area contributed by atoms with E-state index in [9.17, 15) is 4.79 Å². The van der Waals surface area contributed by atoms with E-state index >= 15 is 0 Å². The number of amides is 1. The van der Waals surface area contributed by atoms with Gasteiger partial charge < -0.3 is 15.4 Å². The number of ether oxygens (including phenoxy) is 1. The Morgan fingerprint density at radius 2 is 2.30 bits per heavy atom. The zero-order valence-corrected chi connectivity index (χ0v) is 12.4. The topological polar surface area (TPSA) is 55.6 Å². The molecule has 0 bridgehead atoms. The molecule has 0 saturated heterocycles. The summed E-state index contributed by atoms with van der Waals surface area (Å²) in [6.45, 7) is 2.84. The van der Waals surface area contributed by atoms with Crippen molar-refractivity contribution in [2.24, 2.45) is 5.73 Å². The molecule has 0 spiro atoms. The Labute approximate surface area is 120 Å². The largest absolute Gasteiger partial charge is 0.495 e. The van der Waals surface area contributed by atoms with Crippen molar-refractivity contribution in [3.05, 3.63) is 23.8 Å². The molecule has 0 saturated carbocycles. The van der Waals surface area contributed by atoms with E-state index in [0.29, 0.717) is 6.42 Å². The van der Waals surface area contributed by atoms with Crippen molar-refractivity contribution >= 4 is 11.6 Å². The molecule has 1 aliphatic heterocycles. The first-order valence-electron chi connectivity index (χ1n) is 7.39. The Morgan fingerprint density at radius 3 is 3.00 bits per heavy atom. The molecule has 4 nitrogen and oxygen atoms in total. The number of methoxy groups -OCH3 is 1. The average molecular weight is 276 g/mol. The molecule has 0 fully saturated rings. The van der Waals surface area contributed by atoms with Crippen LogP contribution in [0.3, 0.4) is 0 Å². The SMILES string of the molecule is CCCC(N)CC(=O)N1CCCc2cccc(OC)c21. The molecule has 1 heterocycles. The first-order valence-corrected chi connectivity index (χ1v) is 7.39. The van der Waals surface area contributed by atoms with Gasteiger partial charge in [-0.05, 0) is 30.9 Å².